The van der Waals surface area contributed by atoms with Crippen molar-refractivity contribution < 1.29 is 18.7 Å². The van der Waals surface area contributed by atoms with Gasteiger partial charge < -0.3 is 15.0 Å². The fourth-order valence-corrected chi connectivity index (χ4v) is 5.59. The molecule has 2 fully saturated rings. The first-order valence-corrected chi connectivity index (χ1v) is 12.9. The fraction of sp³-hybridized carbons (Fsp3) is 0.300. The average molecular weight is 526 g/mol. The van der Waals surface area contributed by atoms with Crippen LogP contribution in [0.3, 0.4) is 0 Å². The lowest BCUT2D eigenvalue weighted by Crippen LogP contribution is -2.33. The van der Waals surface area contributed by atoms with Crippen LogP contribution >= 0.6 is 0 Å². The van der Waals surface area contributed by atoms with Crippen LogP contribution in [0.2, 0.25) is 0 Å². The summed E-state index contributed by atoms with van der Waals surface area (Å²) in [5.74, 6) is 5.89. The highest BCUT2D eigenvalue weighted by molar-refractivity contribution is 5.98. The maximum atomic E-state index is 14.5. The number of likely N-dealkylation sites (tertiary alicyclic amines) is 1. The van der Waals surface area contributed by atoms with E-state index in [1.54, 1.807) is 29.2 Å². The Morgan fingerprint density at radius 3 is 2.95 bits per heavy atom. The maximum absolute atomic E-state index is 14.5. The maximum Gasteiger partial charge on any atom is 0.253 e. The van der Waals surface area contributed by atoms with Crippen LogP contribution in [0.25, 0.3) is 11.3 Å². The number of pyridine rings is 1. The number of halogens is 1. The number of hydrogen-bond donors (Lipinski definition) is 2. The van der Waals surface area contributed by atoms with Gasteiger partial charge in [-0.1, -0.05) is 24.5 Å². The first kappa shape index (κ1) is 24.7. The number of carbonyl (C=O) groups is 2. The van der Waals surface area contributed by atoms with Crippen molar-refractivity contribution in [3.63, 3.8) is 0 Å². The molecule has 2 amide bonds. The first-order chi connectivity index (χ1) is 18.9. The highest BCUT2D eigenvalue weighted by Crippen LogP contribution is 2.54. The lowest BCUT2D eigenvalue weighted by Gasteiger charge is -2.21. The highest BCUT2D eigenvalue weighted by atomic mass is 19.1. The second-order valence-corrected chi connectivity index (χ2v) is 10.2. The Morgan fingerprint density at radius 1 is 1.33 bits per heavy atom. The summed E-state index contributed by atoms with van der Waals surface area (Å²) in [5.41, 5.74) is 7.27. The number of aromatic nitrogens is 2. The number of nitrogens with one attached hydrogen (secondary N) is 2. The normalized spacial score (nSPS) is 18.6. The van der Waals surface area contributed by atoms with Gasteiger partial charge in [-0.2, -0.15) is 0 Å². The minimum absolute atomic E-state index is 0.0723. The lowest BCUT2D eigenvalue weighted by atomic mass is 10.0. The van der Waals surface area contributed by atoms with Crippen molar-refractivity contribution in [3.05, 3.63) is 78.0 Å². The fourth-order valence-electron chi connectivity index (χ4n) is 5.59. The summed E-state index contributed by atoms with van der Waals surface area (Å²) in [6.07, 6.45) is 8.36. The van der Waals surface area contributed by atoms with Crippen LogP contribution in [-0.4, -0.2) is 52.6 Å². The Morgan fingerprint density at radius 2 is 2.18 bits per heavy atom. The molecule has 6 rings (SSSR count). The van der Waals surface area contributed by atoms with Gasteiger partial charge in [0.25, 0.3) is 5.91 Å². The molecule has 9 heteroatoms. The Labute approximate surface area is 225 Å². The monoisotopic (exact) mass is 525 g/mol. The van der Waals surface area contributed by atoms with E-state index in [1.807, 2.05) is 17.0 Å². The number of benzene rings is 1. The molecule has 0 bridgehead atoms. The summed E-state index contributed by atoms with van der Waals surface area (Å²) >= 11 is 0. The molecule has 39 heavy (non-hydrogen) atoms. The molecule has 8 nitrogen and oxygen atoms in total. The molecular formula is C30H28FN5O3. The number of ether oxygens (including phenoxy) is 1. The number of carbonyl (C=O) groups excluding carboxylic acids is 2. The molecule has 2 aliphatic heterocycles. The van der Waals surface area contributed by atoms with Crippen LogP contribution in [0.5, 0.6) is 5.75 Å². The number of fused-ring (bicyclic) bond motifs is 1. The van der Waals surface area contributed by atoms with Gasteiger partial charge in [-0.3, -0.25) is 24.7 Å². The molecule has 2 aromatic heterocycles. The van der Waals surface area contributed by atoms with Crippen molar-refractivity contribution in [2.75, 3.05) is 25.6 Å². The van der Waals surface area contributed by atoms with Crippen LogP contribution in [0.4, 0.5) is 10.1 Å². The summed E-state index contributed by atoms with van der Waals surface area (Å²) in [7, 11) is 1.41. The summed E-state index contributed by atoms with van der Waals surface area (Å²) in [6.45, 7) is 4.85. The second-order valence-electron chi connectivity index (χ2n) is 10.2. The summed E-state index contributed by atoms with van der Waals surface area (Å²) < 4.78 is 21.6. The zero-order valence-electron chi connectivity index (χ0n) is 21.6. The second kappa shape index (κ2) is 9.62. The van der Waals surface area contributed by atoms with Gasteiger partial charge in [-0.05, 0) is 55.0 Å². The molecule has 4 heterocycles. The predicted molar refractivity (Wildman–Crippen MR) is 145 cm³/mol. The van der Waals surface area contributed by atoms with Crippen molar-refractivity contribution in [2.45, 2.75) is 31.7 Å². The Kier molecular flexibility index (Phi) is 6.10. The Hall–Kier alpha value is -4.58. The number of para-hydroxylation sites is 1. The molecule has 198 valence electrons. The standard InChI is InChI=1S/C30H28FN5O3/c1-3-27(37)35-18-30(11-12-30)16-20(35)8-7-19-17-32-13-9-21(19)26-15-22-25(10-14-33-29(22)38)36(26)34-24-6-4-5-23(31)28(24)39-2/h3-6,9,13,15,17,20,34H,1,10-12,14,16,18H2,2H3,(H,33,38)/t20-/m0/s1. The van der Waals surface area contributed by atoms with Crippen LogP contribution in [0.15, 0.2) is 55.4 Å². The molecule has 0 radical (unpaired) electrons. The van der Waals surface area contributed by atoms with Gasteiger partial charge >= 0.3 is 0 Å². The number of nitrogens with zero attached hydrogens (tertiary/aromatic N) is 3. The molecule has 0 unspecified atom stereocenters. The van der Waals surface area contributed by atoms with Gasteiger partial charge in [0.2, 0.25) is 5.91 Å². The molecule has 1 saturated heterocycles. The number of anilines is 1. The van der Waals surface area contributed by atoms with Crippen LogP contribution in [-0.2, 0) is 11.2 Å². The predicted octanol–water partition coefficient (Wildman–Crippen LogP) is 3.78. The third-order valence-electron chi connectivity index (χ3n) is 7.79. The summed E-state index contributed by atoms with van der Waals surface area (Å²) in [5, 5.41) is 2.89. The van der Waals surface area contributed by atoms with E-state index in [4.69, 9.17) is 4.74 Å². The Bertz CT molecular complexity index is 1560. The average Bonchev–Trinajstić information content (AvgIpc) is 3.45. The quantitative estimate of drug-likeness (QED) is 0.391. The van der Waals surface area contributed by atoms with Crippen molar-refractivity contribution in [3.8, 4) is 28.8 Å². The van der Waals surface area contributed by atoms with Gasteiger partial charge in [0, 0.05) is 37.5 Å². The number of hydrogen-bond acceptors (Lipinski definition) is 5. The first-order valence-electron chi connectivity index (χ1n) is 12.9. The van der Waals surface area contributed by atoms with Crippen LogP contribution in [0.1, 0.15) is 40.9 Å². The lowest BCUT2D eigenvalue weighted by molar-refractivity contribution is -0.126. The zero-order valence-corrected chi connectivity index (χ0v) is 21.6. The van der Waals surface area contributed by atoms with E-state index in [0.29, 0.717) is 42.0 Å². The van der Waals surface area contributed by atoms with Gasteiger partial charge in [-0.25, -0.2) is 4.39 Å². The zero-order chi connectivity index (χ0) is 27.1. The SMILES string of the molecule is C=CC(=O)N1CC2(CC2)C[C@@H]1C#Cc1cnccc1-c1cc2c(n1Nc1cccc(F)c1OC)CCNC2=O. The number of methoxy groups -OCH3 is 1. The molecule has 2 N–H and O–H groups in total. The van der Waals surface area contributed by atoms with Crippen LogP contribution < -0.4 is 15.5 Å². The minimum atomic E-state index is -0.498. The van der Waals surface area contributed by atoms with Crippen molar-refractivity contribution in [1.82, 2.24) is 19.9 Å². The minimum Gasteiger partial charge on any atom is -0.492 e. The largest absolute Gasteiger partial charge is 0.492 e. The van der Waals surface area contributed by atoms with Crippen LogP contribution in [0, 0.1) is 23.1 Å². The van der Waals surface area contributed by atoms with Gasteiger partial charge in [0.05, 0.1) is 41.4 Å². The summed E-state index contributed by atoms with van der Waals surface area (Å²) in [4.78, 5) is 31.4. The van der Waals surface area contributed by atoms with Gasteiger partial charge in [-0.15, -0.1) is 0 Å². The molecule has 3 aromatic rings. The number of amides is 2. The molecule has 1 saturated carbocycles. The Balaban J connectivity index is 1.43. The summed E-state index contributed by atoms with van der Waals surface area (Å²) in [6, 6.07) is 8.09. The molecule has 3 aliphatic rings. The van der Waals surface area contributed by atoms with Crippen molar-refractivity contribution in [2.24, 2.45) is 5.41 Å². The van der Waals surface area contributed by atoms with E-state index in [-0.39, 0.29) is 29.0 Å². The van der Waals surface area contributed by atoms with E-state index in [0.717, 1.165) is 30.5 Å². The van der Waals surface area contributed by atoms with E-state index in [9.17, 15) is 14.0 Å². The molecule has 1 atom stereocenters. The van der Waals surface area contributed by atoms with E-state index < -0.39 is 5.82 Å². The molecular weight excluding hydrogens is 497 g/mol. The third-order valence-corrected chi connectivity index (χ3v) is 7.79. The molecule has 1 spiro atoms. The number of rotatable bonds is 5. The highest BCUT2D eigenvalue weighted by Gasteiger charge is 2.52. The van der Waals surface area contributed by atoms with Gasteiger partial charge in [0.15, 0.2) is 11.6 Å². The van der Waals surface area contributed by atoms with E-state index >= 15 is 0 Å². The topological polar surface area (TPSA) is 88.5 Å². The van der Waals surface area contributed by atoms with Crippen molar-refractivity contribution in [1.29, 1.82) is 0 Å². The smallest absolute Gasteiger partial charge is 0.253 e. The van der Waals surface area contributed by atoms with E-state index in [1.165, 1.54) is 19.3 Å². The van der Waals surface area contributed by atoms with Crippen molar-refractivity contribution >= 4 is 17.5 Å². The van der Waals surface area contributed by atoms with Gasteiger partial charge in [0.1, 0.15) is 0 Å². The third kappa shape index (κ3) is 4.42. The van der Waals surface area contributed by atoms with E-state index in [2.05, 4.69) is 34.1 Å². The molecule has 1 aliphatic carbocycles. The molecule has 1 aromatic carbocycles.